The highest BCUT2D eigenvalue weighted by Crippen LogP contribution is 2.38. The molecule has 0 heterocycles. The van der Waals surface area contributed by atoms with E-state index in [1.807, 2.05) is 25.1 Å². The lowest BCUT2D eigenvalue weighted by Crippen LogP contribution is -2.04. The zero-order valence-electron chi connectivity index (χ0n) is 9.85. The number of halogens is 5. The van der Waals surface area contributed by atoms with Crippen LogP contribution in [0.4, 0.5) is 13.2 Å². The molecule has 0 N–H and O–H groups in total. The molecule has 0 amide bonds. The summed E-state index contributed by atoms with van der Waals surface area (Å²) in [6, 6.07) is 9.23. The quantitative estimate of drug-likeness (QED) is 0.540. The third-order valence-corrected chi connectivity index (χ3v) is 4.09. The second-order valence-corrected chi connectivity index (χ2v) is 5.88. The van der Waals surface area contributed by atoms with Crippen molar-refractivity contribution in [3.63, 3.8) is 0 Å². The first kappa shape index (κ1) is 14.6. The average molecular weight is 394 g/mol. The lowest BCUT2D eigenvalue weighted by molar-refractivity contribution is -0.137. The van der Waals surface area contributed by atoms with Crippen LogP contribution < -0.4 is 0 Å². The first-order valence-corrected chi connectivity index (χ1v) is 7.01. The first-order valence-electron chi connectivity index (χ1n) is 5.42. The molecule has 0 saturated carbocycles. The summed E-state index contributed by atoms with van der Waals surface area (Å²) in [5.41, 5.74) is 1.59. The van der Waals surface area contributed by atoms with Crippen molar-refractivity contribution in [1.29, 1.82) is 0 Å². The molecule has 2 aromatic rings. The summed E-state index contributed by atoms with van der Waals surface area (Å²) >= 11 is 6.68. The molecular formula is C14H9Br2F3. The second-order valence-electron chi connectivity index (χ2n) is 4.18. The van der Waals surface area contributed by atoms with Crippen molar-refractivity contribution in [2.45, 2.75) is 13.1 Å². The van der Waals surface area contributed by atoms with E-state index in [2.05, 4.69) is 31.9 Å². The zero-order chi connectivity index (χ0) is 14.2. The molecule has 0 saturated heterocycles. The Kier molecular flexibility index (Phi) is 4.06. The summed E-state index contributed by atoms with van der Waals surface area (Å²) in [5, 5.41) is 0. The minimum atomic E-state index is -4.34. The van der Waals surface area contributed by atoms with E-state index in [-0.39, 0.29) is 0 Å². The van der Waals surface area contributed by atoms with E-state index in [0.717, 1.165) is 27.7 Å². The minimum Gasteiger partial charge on any atom is -0.166 e. The topological polar surface area (TPSA) is 0 Å². The third kappa shape index (κ3) is 3.20. The molecule has 2 rings (SSSR count). The van der Waals surface area contributed by atoms with Crippen LogP contribution in [0.25, 0.3) is 11.1 Å². The van der Waals surface area contributed by atoms with Gasteiger partial charge in [0.1, 0.15) is 0 Å². The largest absolute Gasteiger partial charge is 0.416 e. The highest BCUT2D eigenvalue weighted by molar-refractivity contribution is 9.11. The van der Waals surface area contributed by atoms with Gasteiger partial charge in [-0.15, -0.1) is 0 Å². The van der Waals surface area contributed by atoms with Crippen molar-refractivity contribution in [3.05, 3.63) is 56.5 Å². The van der Waals surface area contributed by atoms with Gasteiger partial charge in [0, 0.05) is 8.95 Å². The van der Waals surface area contributed by atoms with Gasteiger partial charge >= 0.3 is 6.18 Å². The Bertz CT molecular complexity index is 619. The van der Waals surface area contributed by atoms with E-state index in [0.29, 0.717) is 10.0 Å². The van der Waals surface area contributed by atoms with Crippen molar-refractivity contribution in [2.24, 2.45) is 0 Å². The molecule has 0 aliphatic heterocycles. The lowest BCUT2D eigenvalue weighted by atomic mass is 10.0. The molecule has 0 fully saturated rings. The summed E-state index contributed by atoms with van der Waals surface area (Å²) in [6.45, 7) is 1.90. The van der Waals surface area contributed by atoms with Gasteiger partial charge in [-0.25, -0.2) is 0 Å². The number of hydrogen-bond donors (Lipinski definition) is 0. The Morgan fingerprint density at radius 1 is 0.842 bits per heavy atom. The molecule has 5 heteroatoms. The predicted octanol–water partition coefficient (Wildman–Crippen LogP) is 6.21. The summed E-state index contributed by atoms with van der Waals surface area (Å²) < 4.78 is 39.7. The van der Waals surface area contributed by atoms with Gasteiger partial charge in [0.05, 0.1) is 5.56 Å². The SMILES string of the molecule is Cc1ccc(Br)c(-c2cc(C(F)(F)F)ccc2Br)c1. The summed E-state index contributed by atoms with van der Waals surface area (Å²) in [5.74, 6) is 0. The molecule has 0 aliphatic rings. The van der Waals surface area contributed by atoms with Crippen LogP contribution in [0.5, 0.6) is 0 Å². The molecule has 0 unspecified atom stereocenters. The van der Waals surface area contributed by atoms with Crippen molar-refractivity contribution in [3.8, 4) is 11.1 Å². The van der Waals surface area contributed by atoms with Gasteiger partial charge in [-0.05, 0) is 42.3 Å². The van der Waals surface area contributed by atoms with Crippen molar-refractivity contribution < 1.29 is 13.2 Å². The van der Waals surface area contributed by atoms with Gasteiger partial charge in [-0.3, -0.25) is 0 Å². The van der Waals surface area contributed by atoms with Gasteiger partial charge in [-0.2, -0.15) is 13.2 Å². The standard InChI is InChI=1S/C14H9Br2F3/c1-8-2-4-12(15)10(6-8)11-7-9(14(17,18)19)3-5-13(11)16/h2-7H,1H3. The maximum Gasteiger partial charge on any atom is 0.416 e. The maximum absolute atomic E-state index is 12.8. The summed E-state index contributed by atoms with van der Waals surface area (Å²) in [4.78, 5) is 0. The fourth-order valence-electron chi connectivity index (χ4n) is 1.75. The molecule has 0 nitrogen and oxygen atoms in total. The average Bonchev–Trinajstić information content (AvgIpc) is 2.32. The molecule has 0 atom stereocenters. The van der Waals surface area contributed by atoms with E-state index >= 15 is 0 Å². The highest BCUT2D eigenvalue weighted by Gasteiger charge is 2.31. The highest BCUT2D eigenvalue weighted by atomic mass is 79.9. The van der Waals surface area contributed by atoms with Crippen LogP contribution in [0.3, 0.4) is 0 Å². The van der Waals surface area contributed by atoms with Gasteiger partial charge < -0.3 is 0 Å². The Balaban J connectivity index is 2.64. The van der Waals surface area contributed by atoms with Gasteiger partial charge in [-0.1, -0.05) is 49.6 Å². The molecule has 0 radical (unpaired) electrons. The summed E-state index contributed by atoms with van der Waals surface area (Å²) in [6.07, 6.45) is -4.34. The predicted molar refractivity (Wildman–Crippen MR) is 77.0 cm³/mol. The van der Waals surface area contributed by atoms with Gasteiger partial charge in [0.15, 0.2) is 0 Å². The Morgan fingerprint density at radius 2 is 1.37 bits per heavy atom. The number of alkyl halides is 3. The Morgan fingerprint density at radius 3 is 1.95 bits per heavy atom. The lowest BCUT2D eigenvalue weighted by Gasteiger charge is -2.12. The smallest absolute Gasteiger partial charge is 0.166 e. The van der Waals surface area contributed by atoms with Crippen LogP contribution in [0.2, 0.25) is 0 Å². The molecule has 0 aromatic heterocycles. The Labute approximate surface area is 125 Å². The molecule has 0 bridgehead atoms. The van der Waals surface area contributed by atoms with Gasteiger partial charge in [0.25, 0.3) is 0 Å². The third-order valence-electron chi connectivity index (χ3n) is 2.71. The van der Waals surface area contributed by atoms with Crippen LogP contribution >= 0.6 is 31.9 Å². The first-order chi connectivity index (χ1) is 8.79. The Hall–Kier alpha value is -0.810. The minimum absolute atomic E-state index is 0.519. The van der Waals surface area contributed by atoms with Crippen molar-refractivity contribution in [1.82, 2.24) is 0 Å². The van der Waals surface area contributed by atoms with Crippen molar-refractivity contribution in [2.75, 3.05) is 0 Å². The van der Waals surface area contributed by atoms with E-state index in [1.54, 1.807) is 0 Å². The summed E-state index contributed by atoms with van der Waals surface area (Å²) in [7, 11) is 0. The molecule has 100 valence electrons. The normalized spacial score (nSPS) is 11.7. The van der Waals surface area contributed by atoms with Gasteiger partial charge in [0.2, 0.25) is 0 Å². The number of hydrogen-bond acceptors (Lipinski definition) is 0. The number of aryl methyl sites for hydroxylation is 1. The van der Waals surface area contributed by atoms with Crippen molar-refractivity contribution >= 4 is 31.9 Å². The molecule has 19 heavy (non-hydrogen) atoms. The van der Waals surface area contributed by atoms with E-state index in [9.17, 15) is 13.2 Å². The van der Waals surface area contributed by atoms with E-state index < -0.39 is 11.7 Å². The maximum atomic E-state index is 12.8. The van der Waals surface area contributed by atoms with Crippen LogP contribution in [0, 0.1) is 6.92 Å². The fraction of sp³-hybridized carbons (Fsp3) is 0.143. The second kappa shape index (κ2) is 5.29. The fourth-order valence-corrected chi connectivity index (χ4v) is 2.67. The van der Waals surface area contributed by atoms with E-state index in [4.69, 9.17) is 0 Å². The number of benzene rings is 2. The van der Waals surface area contributed by atoms with Crippen LogP contribution in [0.1, 0.15) is 11.1 Å². The van der Waals surface area contributed by atoms with Crippen LogP contribution in [-0.4, -0.2) is 0 Å². The number of rotatable bonds is 1. The monoisotopic (exact) mass is 392 g/mol. The molecular weight excluding hydrogens is 385 g/mol. The van der Waals surface area contributed by atoms with Crippen LogP contribution in [-0.2, 0) is 6.18 Å². The molecule has 0 aliphatic carbocycles. The zero-order valence-corrected chi connectivity index (χ0v) is 13.0. The molecule has 2 aromatic carbocycles. The molecule has 0 spiro atoms. The van der Waals surface area contributed by atoms with E-state index in [1.165, 1.54) is 6.07 Å². The van der Waals surface area contributed by atoms with Crippen LogP contribution in [0.15, 0.2) is 45.3 Å².